The zero-order valence-corrected chi connectivity index (χ0v) is 60.4. The van der Waals surface area contributed by atoms with Gasteiger partial charge in [0.05, 0.1) is 25.4 Å². The zero-order valence-electron chi connectivity index (χ0n) is 60.4. The second-order valence-corrected chi connectivity index (χ2v) is 28.1. The highest BCUT2D eigenvalue weighted by atomic mass is 16.5. The summed E-state index contributed by atoms with van der Waals surface area (Å²) in [6, 6.07) is -0.541. The number of unbranched alkanes of at least 4 members (excludes halogenated alkanes) is 60. The Morgan fingerprint density at radius 3 is 0.865 bits per heavy atom. The van der Waals surface area contributed by atoms with Crippen LogP contribution < -0.4 is 5.32 Å². The lowest BCUT2D eigenvalue weighted by molar-refractivity contribution is -0.143. The van der Waals surface area contributed by atoms with Crippen molar-refractivity contribution in [1.29, 1.82) is 0 Å². The summed E-state index contributed by atoms with van der Waals surface area (Å²) >= 11 is 0. The average Bonchev–Trinajstić information content (AvgIpc) is 3.57. The van der Waals surface area contributed by atoms with E-state index < -0.39 is 12.1 Å². The van der Waals surface area contributed by atoms with Crippen molar-refractivity contribution in [2.75, 3.05) is 13.2 Å². The number of amides is 1. The Hall–Kier alpha value is -1.92. The van der Waals surface area contributed by atoms with Gasteiger partial charge in [-0.25, -0.2) is 0 Å². The van der Waals surface area contributed by atoms with E-state index in [0.29, 0.717) is 25.9 Å². The van der Waals surface area contributed by atoms with Crippen LogP contribution in [0.1, 0.15) is 457 Å². The van der Waals surface area contributed by atoms with Crippen molar-refractivity contribution < 1.29 is 24.5 Å². The number of hydrogen-bond donors (Lipinski definition) is 3. The van der Waals surface area contributed by atoms with Gasteiger partial charge in [0.25, 0.3) is 0 Å². The summed E-state index contributed by atoms with van der Waals surface area (Å²) in [7, 11) is 0. The molecule has 0 aromatic heterocycles. The van der Waals surface area contributed by atoms with Crippen molar-refractivity contribution in [3.8, 4) is 0 Å². The maximum absolute atomic E-state index is 12.6. The topological polar surface area (TPSA) is 95.9 Å². The molecule has 0 heterocycles. The number of aliphatic hydroxyl groups is 2. The molecule has 0 fully saturated rings. The molecule has 0 bridgehead atoms. The molecule has 0 aromatic rings. The van der Waals surface area contributed by atoms with E-state index in [-0.39, 0.29) is 18.5 Å². The van der Waals surface area contributed by atoms with E-state index in [0.717, 1.165) is 51.4 Å². The Bertz CT molecular complexity index is 1440. The molecule has 526 valence electrons. The fourth-order valence-electron chi connectivity index (χ4n) is 13.0. The number of aliphatic hydroxyl groups excluding tert-OH is 2. The predicted molar refractivity (Wildman–Crippen MR) is 393 cm³/mol. The van der Waals surface area contributed by atoms with Crippen molar-refractivity contribution in [2.45, 2.75) is 469 Å². The highest BCUT2D eigenvalue weighted by Gasteiger charge is 2.20. The van der Waals surface area contributed by atoms with Crippen LogP contribution in [0.25, 0.3) is 0 Å². The highest BCUT2D eigenvalue weighted by molar-refractivity contribution is 5.76. The van der Waals surface area contributed by atoms with Gasteiger partial charge in [-0.05, 0) is 83.5 Å². The normalized spacial score (nSPS) is 12.6. The fourth-order valence-corrected chi connectivity index (χ4v) is 13.0. The fraction of sp³-hybridized carbons (Fsp3) is 0.904. The third-order valence-electron chi connectivity index (χ3n) is 19.2. The van der Waals surface area contributed by atoms with Crippen molar-refractivity contribution >= 4 is 11.9 Å². The zero-order chi connectivity index (χ0) is 64.2. The number of rotatable bonds is 77. The molecule has 0 saturated carbocycles. The van der Waals surface area contributed by atoms with Crippen LogP contribution in [0.2, 0.25) is 0 Å². The molecule has 0 radical (unpaired) electrons. The molecule has 3 N–H and O–H groups in total. The van der Waals surface area contributed by atoms with Gasteiger partial charge >= 0.3 is 5.97 Å². The Morgan fingerprint density at radius 1 is 0.315 bits per heavy atom. The maximum atomic E-state index is 12.6. The molecule has 0 aliphatic rings. The minimum absolute atomic E-state index is 0.0143. The first kappa shape index (κ1) is 87.1. The standard InChI is InChI=1S/C83H159NO5/c1-3-5-7-9-11-13-15-17-19-21-22-40-44-47-51-55-59-63-67-71-75-81(86)80(79-85)84-82(87)76-72-68-64-60-56-52-48-45-41-38-36-34-32-30-28-26-24-23-25-27-29-31-33-35-37-39-42-46-50-54-58-62-66-70-74-78-89-83(88)77-73-69-65-61-57-53-49-43-20-18-16-14-12-10-8-6-4-2/h18,20,25,27,31,33,80-81,85-86H,3-17,19,21-24,26,28-30,32,34-79H2,1-2H3,(H,84,87)/b20-18-,27-25-,33-31-. The van der Waals surface area contributed by atoms with Gasteiger partial charge in [0.1, 0.15) is 0 Å². The summed E-state index contributed by atoms with van der Waals surface area (Å²) in [6.45, 7) is 5.00. The molecule has 0 aromatic carbocycles. The summed E-state index contributed by atoms with van der Waals surface area (Å²) in [5, 5.41) is 23.4. The highest BCUT2D eigenvalue weighted by Crippen LogP contribution is 2.20. The number of allylic oxidation sites excluding steroid dienone is 6. The molecule has 2 unspecified atom stereocenters. The summed E-state index contributed by atoms with van der Waals surface area (Å²) in [5.74, 6) is -0.0135. The minimum Gasteiger partial charge on any atom is -0.466 e. The lowest BCUT2D eigenvalue weighted by atomic mass is 10.0. The van der Waals surface area contributed by atoms with Crippen LogP contribution in [0.4, 0.5) is 0 Å². The van der Waals surface area contributed by atoms with Gasteiger partial charge in [-0.3, -0.25) is 9.59 Å². The number of esters is 1. The van der Waals surface area contributed by atoms with Crippen LogP contribution >= 0.6 is 0 Å². The van der Waals surface area contributed by atoms with Gasteiger partial charge in [-0.1, -0.05) is 397 Å². The van der Waals surface area contributed by atoms with E-state index in [1.807, 2.05) is 0 Å². The Morgan fingerprint density at radius 2 is 0.562 bits per heavy atom. The molecule has 6 nitrogen and oxygen atoms in total. The molecule has 6 heteroatoms. The number of nitrogens with one attached hydrogen (secondary N) is 1. The maximum Gasteiger partial charge on any atom is 0.305 e. The third kappa shape index (κ3) is 75.0. The third-order valence-corrected chi connectivity index (χ3v) is 19.2. The summed E-state index contributed by atoms with van der Waals surface area (Å²) in [4.78, 5) is 24.7. The van der Waals surface area contributed by atoms with Gasteiger partial charge in [-0.2, -0.15) is 0 Å². The van der Waals surface area contributed by atoms with Crippen LogP contribution in [0.5, 0.6) is 0 Å². The Balaban J connectivity index is 3.36. The van der Waals surface area contributed by atoms with Gasteiger partial charge in [0.15, 0.2) is 0 Å². The van der Waals surface area contributed by atoms with Crippen molar-refractivity contribution in [2.24, 2.45) is 0 Å². The van der Waals surface area contributed by atoms with Crippen molar-refractivity contribution in [3.63, 3.8) is 0 Å². The molecule has 1 amide bonds. The van der Waals surface area contributed by atoms with Crippen molar-refractivity contribution in [3.05, 3.63) is 36.5 Å². The smallest absolute Gasteiger partial charge is 0.305 e. The minimum atomic E-state index is -0.664. The number of carbonyl (C=O) groups is 2. The monoisotopic (exact) mass is 1250 g/mol. The number of hydrogen-bond acceptors (Lipinski definition) is 5. The summed E-state index contributed by atoms with van der Waals surface area (Å²) in [6.07, 6.45) is 102. The molecule has 0 spiro atoms. The predicted octanol–water partition coefficient (Wildman–Crippen LogP) is 27.0. The Labute approximate surface area is 557 Å². The molecule has 0 aliphatic heterocycles. The Kier molecular flexibility index (Phi) is 76.8. The molecule has 0 aliphatic carbocycles. The first-order valence-electron chi connectivity index (χ1n) is 40.7. The summed E-state index contributed by atoms with van der Waals surface area (Å²) in [5.41, 5.74) is 0. The molecular weight excluding hydrogens is 1090 g/mol. The second-order valence-electron chi connectivity index (χ2n) is 28.1. The lowest BCUT2D eigenvalue weighted by Gasteiger charge is -2.22. The number of ether oxygens (including phenoxy) is 1. The quantitative estimate of drug-likeness (QED) is 0.0320. The van der Waals surface area contributed by atoms with Gasteiger partial charge in [0, 0.05) is 12.8 Å². The van der Waals surface area contributed by atoms with Gasteiger partial charge in [0.2, 0.25) is 5.91 Å². The van der Waals surface area contributed by atoms with E-state index >= 15 is 0 Å². The summed E-state index contributed by atoms with van der Waals surface area (Å²) < 4.78 is 5.51. The van der Waals surface area contributed by atoms with Crippen LogP contribution in [-0.4, -0.2) is 47.4 Å². The van der Waals surface area contributed by atoms with Crippen LogP contribution in [0.15, 0.2) is 36.5 Å². The largest absolute Gasteiger partial charge is 0.466 e. The second kappa shape index (κ2) is 78.5. The van der Waals surface area contributed by atoms with E-state index in [2.05, 4.69) is 55.6 Å². The van der Waals surface area contributed by atoms with Gasteiger partial charge in [-0.15, -0.1) is 0 Å². The molecular formula is C83H159NO5. The van der Waals surface area contributed by atoms with E-state index in [4.69, 9.17) is 4.74 Å². The molecule has 89 heavy (non-hydrogen) atoms. The van der Waals surface area contributed by atoms with Crippen LogP contribution in [0.3, 0.4) is 0 Å². The van der Waals surface area contributed by atoms with E-state index in [1.165, 1.54) is 372 Å². The molecule has 0 rings (SSSR count). The average molecular weight is 1250 g/mol. The molecule has 2 atom stereocenters. The number of carbonyl (C=O) groups excluding carboxylic acids is 2. The first-order valence-corrected chi connectivity index (χ1v) is 40.7. The van der Waals surface area contributed by atoms with Crippen LogP contribution in [0, 0.1) is 0 Å². The SMILES string of the molecule is CCCCCCCC/C=C\CCCCCCCCCC(=O)OCCCCCCCCCCCCC/C=C\C/C=C\CCCCCCCCCCCCCCCCCCCC(=O)NC(CO)C(O)CCCCCCCCCCCCCCCCCCCCCC. The van der Waals surface area contributed by atoms with Gasteiger partial charge < -0.3 is 20.3 Å². The van der Waals surface area contributed by atoms with E-state index in [1.54, 1.807) is 0 Å². The van der Waals surface area contributed by atoms with Crippen LogP contribution in [-0.2, 0) is 14.3 Å². The lowest BCUT2D eigenvalue weighted by Crippen LogP contribution is -2.45. The van der Waals surface area contributed by atoms with E-state index in [9.17, 15) is 19.8 Å². The van der Waals surface area contributed by atoms with Crippen molar-refractivity contribution in [1.82, 2.24) is 5.32 Å². The molecule has 0 saturated heterocycles. The first-order chi connectivity index (χ1) is 44.0.